The van der Waals surface area contributed by atoms with Gasteiger partial charge in [0.15, 0.2) is 6.61 Å². The van der Waals surface area contributed by atoms with E-state index in [4.69, 9.17) is 4.74 Å². The Morgan fingerprint density at radius 2 is 1.63 bits per heavy atom. The van der Waals surface area contributed by atoms with Crippen LogP contribution in [0, 0.1) is 20.8 Å². The lowest BCUT2D eigenvalue weighted by Crippen LogP contribution is -2.20. The molecule has 0 aliphatic carbocycles. The van der Waals surface area contributed by atoms with Crippen LogP contribution in [0.5, 0.6) is 11.5 Å². The second-order valence-electron chi connectivity index (χ2n) is 7.08. The lowest BCUT2D eigenvalue weighted by Gasteiger charge is -2.12. The molecule has 0 unspecified atom stereocenters. The number of aryl methyl sites for hydroxylation is 3. The number of aromatic hydroxyl groups is 1. The van der Waals surface area contributed by atoms with Crippen molar-refractivity contribution >= 4 is 23.2 Å². The Bertz CT molecular complexity index is 1090. The summed E-state index contributed by atoms with van der Waals surface area (Å²) in [6.45, 7) is 5.66. The summed E-state index contributed by atoms with van der Waals surface area (Å²) in [6.07, 6.45) is 0. The van der Waals surface area contributed by atoms with Gasteiger partial charge in [-0.3, -0.25) is 9.59 Å². The van der Waals surface area contributed by atoms with E-state index >= 15 is 0 Å². The fourth-order valence-corrected chi connectivity index (χ4v) is 2.88. The highest BCUT2D eigenvalue weighted by molar-refractivity contribution is 6.06. The fourth-order valence-electron chi connectivity index (χ4n) is 2.88. The van der Waals surface area contributed by atoms with Crippen LogP contribution in [-0.2, 0) is 4.79 Å². The second kappa shape index (κ2) is 9.13. The Labute approximate surface area is 175 Å². The van der Waals surface area contributed by atoms with E-state index in [2.05, 4.69) is 10.6 Å². The molecule has 154 valence electrons. The van der Waals surface area contributed by atoms with Gasteiger partial charge in [0.1, 0.15) is 11.5 Å². The van der Waals surface area contributed by atoms with Gasteiger partial charge < -0.3 is 20.5 Å². The molecule has 0 fully saturated rings. The summed E-state index contributed by atoms with van der Waals surface area (Å²) in [5.74, 6) is -0.207. The van der Waals surface area contributed by atoms with Crippen molar-refractivity contribution in [2.24, 2.45) is 0 Å². The summed E-state index contributed by atoms with van der Waals surface area (Å²) < 4.78 is 5.51. The Morgan fingerprint density at radius 3 is 2.33 bits per heavy atom. The summed E-state index contributed by atoms with van der Waals surface area (Å²) in [5, 5.41) is 15.6. The molecule has 0 heterocycles. The highest BCUT2D eigenvalue weighted by atomic mass is 16.5. The van der Waals surface area contributed by atoms with Crippen LogP contribution >= 0.6 is 0 Å². The molecule has 3 rings (SSSR count). The highest BCUT2D eigenvalue weighted by Gasteiger charge is 2.12. The minimum Gasteiger partial charge on any atom is -0.506 e. The van der Waals surface area contributed by atoms with Gasteiger partial charge >= 0.3 is 0 Å². The number of hydrogen-bond acceptors (Lipinski definition) is 4. The smallest absolute Gasteiger partial charge is 0.262 e. The van der Waals surface area contributed by atoms with Crippen molar-refractivity contribution in [1.29, 1.82) is 0 Å². The first-order valence-electron chi connectivity index (χ1n) is 9.53. The molecule has 0 radical (unpaired) electrons. The molecule has 0 spiro atoms. The average molecular weight is 404 g/mol. The minimum absolute atomic E-state index is 0.148. The Morgan fingerprint density at radius 1 is 0.867 bits per heavy atom. The molecule has 0 aliphatic rings. The molecule has 0 aromatic heterocycles. The zero-order chi connectivity index (χ0) is 21.7. The third-order valence-electron chi connectivity index (χ3n) is 4.77. The number of carbonyl (C=O) groups is 2. The number of carbonyl (C=O) groups excluding carboxylic acids is 2. The third-order valence-corrected chi connectivity index (χ3v) is 4.77. The number of nitrogens with one attached hydrogen (secondary N) is 2. The van der Waals surface area contributed by atoms with Crippen LogP contribution in [0.1, 0.15) is 27.0 Å². The highest BCUT2D eigenvalue weighted by Crippen LogP contribution is 2.27. The molecule has 6 heteroatoms. The summed E-state index contributed by atoms with van der Waals surface area (Å²) >= 11 is 0. The van der Waals surface area contributed by atoms with Crippen molar-refractivity contribution in [2.75, 3.05) is 17.2 Å². The van der Waals surface area contributed by atoms with Gasteiger partial charge in [-0.15, -0.1) is 0 Å². The second-order valence-corrected chi connectivity index (χ2v) is 7.08. The molecule has 2 amide bonds. The van der Waals surface area contributed by atoms with E-state index in [1.165, 1.54) is 12.1 Å². The van der Waals surface area contributed by atoms with E-state index in [0.29, 0.717) is 17.0 Å². The Kier molecular flexibility index (Phi) is 6.37. The maximum atomic E-state index is 12.4. The first-order valence-corrected chi connectivity index (χ1v) is 9.53. The summed E-state index contributed by atoms with van der Waals surface area (Å²) in [7, 11) is 0. The van der Waals surface area contributed by atoms with E-state index in [-0.39, 0.29) is 29.9 Å². The van der Waals surface area contributed by atoms with E-state index in [1.807, 2.05) is 51.1 Å². The molecular formula is C24H24N2O4. The largest absolute Gasteiger partial charge is 0.506 e. The van der Waals surface area contributed by atoms with E-state index in [1.54, 1.807) is 18.2 Å². The van der Waals surface area contributed by atoms with Gasteiger partial charge in [0.25, 0.3) is 11.8 Å². The first kappa shape index (κ1) is 20.9. The number of rotatable bonds is 6. The van der Waals surface area contributed by atoms with Crippen molar-refractivity contribution in [1.82, 2.24) is 0 Å². The van der Waals surface area contributed by atoms with E-state index < -0.39 is 0 Å². The summed E-state index contributed by atoms with van der Waals surface area (Å²) in [6, 6.07) is 17.3. The monoisotopic (exact) mass is 404 g/mol. The van der Waals surface area contributed by atoms with Crippen LogP contribution in [0.2, 0.25) is 0 Å². The van der Waals surface area contributed by atoms with E-state index in [9.17, 15) is 14.7 Å². The number of amides is 2. The van der Waals surface area contributed by atoms with Gasteiger partial charge in [-0.25, -0.2) is 0 Å². The molecule has 3 aromatic carbocycles. The van der Waals surface area contributed by atoms with E-state index in [0.717, 1.165) is 16.7 Å². The van der Waals surface area contributed by atoms with Crippen molar-refractivity contribution in [3.8, 4) is 11.5 Å². The van der Waals surface area contributed by atoms with Crippen LogP contribution in [0.15, 0.2) is 60.7 Å². The molecule has 0 aliphatic heterocycles. The number of anilines is 2. The van der Waals surface area contributed by atoms with Crippen LogP contribution in [0.25, 0.3) is 0 Å². The van der Waals surface area contributed by atoms with Crippen LogP contribution in [0.3, 0.4) is 0 Å². The Hall–Kier alpha value is -3.80. The summed E-state index contributed by atoms with van der Waals surface area (Å²) in [4.78, 5) is 24.6. The number of phenols is 1. The molecular weight excluding hydrogens is 380 g/mol. The van der Waals surface area contributed by atoms with Gasteiger partial charge in [0.05, 0.1) is 5.69 Å². The normalized spacial score (nSPS) is 10.4. The molecule has 30 heavy (non-hydrogen) atoms. The molecule has 0 bridgehead atoms. The first-order chi connectivity index (χ1) is 14.3. The van der Waals surface area contributed by atoms with Crippen LogP contribution in [-0.4, -0.2) is 23.5 Å². The number of ether oxygens (including phenoxy) is 1. The molecule has 3 aromatic rings. The molecule has 0 saturated carbocycles. The molecule has 0 saturated heterocycles. The maximum absolute atomic E-state index is 12.4. The van der Waals surface area contributed by atoms with Crippen LogP contribution < -0.4 is 15.4 Å². The zero-order valence-electron chi connectivity index (χ0n) is 17.2. The predicted octanol–water partition coefficient (Wildman–Crippen LogP) is 4.59. The topological polar surface area (TPSA) is 87.7 Å². The minimum atomic E-state index is -0.357. The van der Waals surface area contributed by atoms with Crippen molar-refractivity contribution in [3.63, 3.8) is 0 Å². The van der Waals surface area contributed by atoms with Crippen LogP contribution in [0.4, 0.5) is 11.4 Å². The number of benzene rings is 3. The molecule has 0 atom stereocenters. The van der Waals surface area contributed by atoms with Crippen molar-refractivity contribution < 1.29 is 19.4 Å². The van der Waals surface area contributed by atoms with Gasteiger partial charge in [-0.05, 0) is 67.8 Å². The van der Waals surface area contributed by atoms with Crippen molar-refractivity contribution in [3.05, 3.63) is 82.9 Å². The number of hydrogen-bond donors (Lipinski definition) is 3. The van der Waals surface area contributed by atoms with Gasteiger partial charge in [-0.2, -0.15) is 0 Å². The third kappa shape index (κ3) is 5.17. The molecule has 3 N–H and O–H groups in total. The Balaban J connectivity index is 1.59. The number of phenolic OH excluding ortho intramolecular Hbond substituents is 1. The lowest BCUT2D eigenvalue weighted by molar-refractivity contribution is -0.118. The molecule has 6 nitrogen and oxygen atoms in total. The van der Waals surface area contributed by atoms with Gasteiger partial charge in [0.2, 0.25) is 0 Å². The van der Waals surface area contributed by atoms with Gasteiger partial charge in [-0.1, -0.05) is 24.3 Å². The maximum Gasteiger partial charge on any atom is 0.262 e. The fraction of sp³-hybridized carbons (Fsp3) is 0.167. The van der Waals surface area contributed by atoms with Gasteiger partial charge in [0, 0.05) is 17.3 Å². The SMILES string of the molecule is Cc1ccc(OCC(=O)Nc2ccc(NC(=O)c3ccccc3C)c(O)c2)cc1C. The zero-order valence-corrected chi connectivity index (χ0v) is 17.2. The average Bonchev–Trinajstić information content (AvgIpc) is 2.71. The van der Waals surface area contributed by atoms with Crippen molar-refractivity contribution in [2.45, 2.75) is 20.8 Å². The predicted molar refractivity (Wildman–Crippen MR) is 117 cm³/mol. The lowest BCUT2D eigenvalue weighted by atomic mass is 10.1. The quantitative estimate of drug-likeness (QED) is 0.525. The summed E-state index contributed by atoms with van der Waals surface area (Å²) in [5.41, 5.74) is 4.25. The standard InChI is InChI=1S/C24H24N2O4/c1-15-8-10-19(12-17(15)3)30-14-23(28)25-18-9-11-21(22(27)13-18)26-24(29)20-7-5-4-6-16(20)2/h4-13,27H,14H2,1-3H3,(H,25,28)(H,26,29).